The lowest BCUT2D eigenvalue weighted by atomic mass is 10.2. The molecule has 1 aromatic carbocycles. The topological polar surface area (TPSA) is 67.2 Å². The zero-order valence-corrected chi connectivity index (χ0v) is 9.42. The van der Waals surface area contributed by atoms with Crippen molar-refractivity contribution in [2.24, 2.45) is 0 Å². The summed E-state index contributed by atoms with van der Waals surface area (Å²) in [6.45, 7) is 2.77. The van der Waals surface area contributed by atoms with E-state index in [0.29, 0.717) is 5.69 Å². The molecule has 0 radical (unpaired) electrons. The lowest BCUT2D eigenvalue weighted by Crippen LogP contribution is -2.01. The number of carboxylic acids is 1. The molecule has 0 atom stereocenters. The van der Waals surface area contributed by atoms with Crippen molar-refractivity contribution in [3.63, 3.8) is 0 Å². The van der Waals surface area contributed by atoms with Gasteiger partial charge in [0.25, 0.3) is 0 Å². The van der Waals surface area contributed by atoms with Gasteiger partial charge in [-0.1, -0.05) is 12.1 Å². The maximum Gasteiger partial charge on any atom is 0.337 e. The second-order valence-electron chi connectivity index (χ2n) is 3.56. The number of para-hydroxylation sites is 1. The summed E-state index contributed by atoms with van der Waals surface area (Å²) in [7, 11) is 0. The van der Waals surface area contributed by atoms with E-state index in [4.69, 9.17) is 5.11 Å². The second kappa shape index (κ2) is 4.69. The van der Waals surface area contributed by atoms with Crippen molar-refractivity contribution in [2.45, 2.75) is 13.5 Å². The number of rotatable bonds is 4. The van der Waals surface area contributed by atoms with Gasteiger partial charge in [-0.25, -0.2) is 4.79 Å². The van der Waals surface area contributed by atoms with Gasteiger partial charge in [0.05, 0.1) is 23.1 Å². The molecule has 0 amide bonds. The summed E-state index contributed by atoms with van der Waals surface area (Å²) in [6.07, 6.45) is 3.50. The summed E-state index contributed by atoms with van der Waals surface area (Å²) in [5, 5.41) is 16.2. The number of hydrogen-bond donors (Lipinski definition) is 2. The molecule has 17 heavy (non-hydrogen) atoms. The predicted octanol–water partition coefficient (Wildman–Crippen LogP) is 2.34. The highest BCUT2D eigenvalue weighted by Crippen LogP contribution is 2.20. The number of nitrogens with zero attached hydrogens (tertiary/aromatic N) is 2. The van der Waals surface area contributed by atoms with Gasteiger partial charge < -0.3 is 10.4 Å². The highest BCUT2D eigenvalue weighted by atomic mass is 16.4. The average Bonchev–Trinajstić information content (AvgIpc) is 2.77. The standard InChI is InChI=1S/C12H13N3O2/c1-2-15-8-9(7-13-15)14-11-6-4-3-5-10(11)12(16)17/h3-8,14H,2H2,1H3,(H,16,17). The first-order valence-corrected chi connectivity index (χ1v) is 5.32. The van der Waals surface area contributed by atoms with Crippen LogP contribution >= 0.6 is 0 Å². The first kappa shape index (κ1) is 11.2. The van der Waals surface area contributed by atoms with Gasteiger partial charge in [0.2, 0.25) is 0 Å². The maximum atomic E-state index is 11.0. The minimum atomic E-state index is -0.948. The maximum absolute atomic E-state index is 11.0. The number of aromatic carboxylic acids is 1. The van der Waals surface area contributed by atoms with Gasteiger partial charge in [-0.2, -0.15) is 5.10 Å². The van der Waals surface area contributed by atoms with Crippen molar-refractivity contribution in [3.05, 3.63) is 42.2 Å². The Kier molecular flexibility index (Phi) is 3.09. The van der Waals surface area contributed by atoms with Gasteiger partial charge in [-0.15, -0.1) is 0 Å². The van der Waals surface area contributed by atoms with Crippen molar-refractivity contribution >= 4 is 17.3 Å². The fourth-order valence-electron chi connectivity index (χ4n) is 1.54. The molecule has 5 nitrogen and oxygen atoms in total. The van der Waals surface area contributed by atoms with E-state index < -0.39 is 5.97 Å². The van der Waals surface area contributed by atoms with E-state index in [0.717, 1.165) is 12.2 Å². The Labute approximate surface area is 98.7 Å². The number of nitrogens with one attached hydrogen (secondary N) is 1. The third-order valence-corrected chi connectivity index (χ3v) is 2.39. The normalized spacial score (nSPS) is 10.2. The Bertz CT molecular complexity index is 534. The van der Waals surface area contributed by atoms with Crippen molar-refractivity contribution in [1.29, 1.82) is 0 Å². The molecule has 2 rings (SSSR count). The van der Waals surface area contributed by atoms with E-state index in [1.54, 1.807) is 35.1 Å². The van der Waals surface area contributed by atoms with Crippen LogP contribution in [0.4, 0.5) is 11.4 Å². The molecule has 0 aliphatic rings. The first-order chi connectivity index (χ1) is 8.20. The summed E-state index contributed by atoms with van der Waals surface area (Å²) in [5.74, 6) is -0.948. The van der Waals surface area contributed by atoms with Crippen LogP contribution in [0, 0.1) is 0 Å². The molecule has 0 bridgehead atoms. The number of aromatic nitrogens is 2. The van der Waals surface area contributed by atoms with Crippen molar-refractivity contribution in [1.82, 2.24) is 9.78 Å². The number of aryl methyl sites for hydroxylation is 1. The van der Waals surface area contributed by atoms with Crippen molar-refractivity contribution in [3.8, 4) is 0 Å². The largest absolute Gasteiger partial charge is 0.478 e. The molecule has 0 aliphatic carbocycles. The van der Waals surface area contributed by atoms with Crippen LogP contribution in [0.15, 0.2) is 36.7 Å². The minimum absolute atomic E-state index is 0.247. The molecule has 0 spiro atoms. The van der Waals surface area contributed by atoms with E-state index in [1.807, 2.05) is 13.1 Å². The lowest BCUT2D eigenvalue weighted by Gasteiger charge is -2.06. The van der Waals surface area contributed by atoms with Crippen LogP contribution in [-0.2, 0) is 6.54 Å². The third kappa shape index (κ3) is 2.44. The number of carbonyl (C=O) groups is 1. The highest BCUT2D eigenvalue weighted by molar-refractivity contribution is 5.95. The molecule has 2 N–H and O–H groups in total. The van der Waals surface area contributed by atoms with Crippen LogP contribution in [0.1, 0.15) is 17.3 Å². The van der Waals surface area contributed by atoms with Crippen molar-refractivity contribution < 1.29 is 9.90 Å². The lowest BCUT2D eigenvalue weighted by molar-refractivity contribution is 0.0698. The minimum Gasteiger partial charge on any atom is -0.478 e. The molecule has 0 saturated carbocycles. The van der Waals surface area contributed by atoms with Gasteiger partial charge in [0, 0.05) is 12.7 Å². The molecule has 0 fully saturated rings. The molecule has 0 saturated heterocycles. The van der Waals surface area contributed by atoms with Gasteiger partial charge in [0.15, 0.2) is 0 Å². The molecule has 5 heteroatoms. The molecule has 1 aromatic heterocycles. The number of hydrogen-bond acceptors (Lipinski definition) is 3. The number of carboxylic acid groups (broad SMARTS) is 1. The Balaban J connectivity index is 2.26. The number of anilines is 2. The predicted molar refractivity (Wildman–Crippen MR) is 64.6 cm³/mol. The van der Waals surface area contributed by atoms with E-state index >= 15 is 0 Å². The summed E-state index contributed by atoms with van der Waals surface area (Å²) in [5.41, 5.74) is 1.59. The molecule has 0 unspecified atom stereocenters. The summed E-state index contributed by atoms with van der Waals surface area (Å²) in [6, 6.07) is 6.78. The molecule has 2 aromatic rings. The van der Waals surface area contributed by atoms with Crippen molar-refractivity contribution in [2.75, 3.05) is 5.32 Å². The molecule has 0 aliphatic heterocycles. The smallest absolute Gasteiger partial charge is 0.337 e. The SMILES string of the molecule is CCn1cc(Nc2ccccc2C(=O)O)cn1. The molecular formula is C12H13N3O2. The van der Waals surface area contributed by atoms with E-state index in [9.17, 15) is 4.79 Å². The molecular weight excluding hydrogens is 218 g/mol. The summed E-state index contributed by atoms with van der Waals surface area (Å²) < 4.78 is 1.77. The van der Waals surface area contributed by atoms with Crippen LogP contribution in [0.25, 0.3) is 0 Å². The van der Waals surface area contributed by atoms with Crippen LogP contribution in [0.3, 0.4) is 0 Å². The third-order valence-electron chi connectivity index (χ3n) is 2.39. The molecule has 88 valence electrons. The second-order valence-corrected chi connectivity index (χ2v) is 3.56. The van der Waals surface area contributed by atoms with E-state index in [-0.39, 0.29) is 5.56 Å². The zero-order chi connectivity index (χ0) is 12.3. The van der Waals surface area contributed by atoms with Gasteiger partial charge in [0.1, 0.15) is 0 Å². The average molecular weight is 231 g/mol. The Morgan fingerprint density at radius 3 is 2.88 bits per heavy atom. The Morgan fingerprint density at radius 1 is 1.47 bits per heavy atom. The number of benzene rings is 1. The van der Waals surface area contributed by atoms with Gasteiger partial charge in [-0.05, 0) is 19.1 Å². The Hall–Kier alpha value is -2.30. The van der Waals surface area contributed by atoms with E-state index in [2.05, 4.69) is 10.4 Å². The quantitative estimate of drug-likeness (QED) is 0.847. The van der Waals surface area contributed by atoms with Crippen LogP contribution < -0.4 is 5.32 Å². The van der Waals surface area contributed by atoms with Crippen LogP contribution in [0.2, 0.25) is 0 Å². The zero-order valence-electron chi connectivity index (χ0n) is 9.42. The fourth-order valence-corrected chi connectivity index (χ4v) is 1.54. The fraction of sp³-hybridized carbons (Fsp3) is 0.167. The summed E-state index contributed by atoms with van der Waals surface area (Å²) >= 11 is 0. The van der Waals surface area contributed by atoms with Gasteiger partial charge in [-0.3, -0.25) is 4.68 Å². The van der Waals surface area contributed by atoms with E-state index in [1.165, 1.54) is 0 Å². The van der Waals surface area contributed by atoms with Crippen LogP contribution in [-0.4, -0.2) is 20.9 Å². The highest BCUT2D eigenvalue weighted by Gasteiger charge is 2.09. The first-order valence-electron chi connectivity index (χ1n) is 5.32. The van der Waals surface area contributed by atoms with Crippen LogP contribution in [0.5, 0.6) is 0 Å². The monoisotopic (exact) mass is 231 g/mol. The molecule has 1 heterocycles. The summed E-state index contributed by atoms with van der Waals surface area (Å²) in [4.78, 5) is 11.0. The Morgan fingerprint density at radius 2 is 2.24 bits per heavy atom. The van der Waals surface area contributed by atoms with Gasteiger partial charge >= 0.3 is 5.97 Å².